The standard InChI is InChI=1S/C19H20FN3O3/c1-11-9-26-17(22-11)10-25-16-7-15-12(6-14(16)20)5-13(23-15)8-21-18(24)19(2)3-4-19/h5-7,9,23H,3-4,8,10H2,1-2H3,(H,21,24). The molecule has 1 fully saturated rings. The number of H-pyrrole nitrogens is 1. The Morgan fingerprint density at radius 2 is 2.23 bits per heavy atom. The molecule has 0 spiro atoms. The predicted octanol–water partition coefficient (Wildman–Crippen LogP) is 3.60. The first-order valence-corrected chi connectivity index (χ1v) is 8.56. The fourth-order valence-electron chi connectivity index (χ4n) is 2.81. The molecule has 0 aliphatic heterocycles. The maximum atomic E-state index is 14.3. The zero-order valence-corrected chi connectivity index (χ0v) is 14.7. The van der Waals surface area contributed by atoms with Gasteiger partial charge in [0.2, 0.25) is 11.8 Å². The first-order valence-electron chi connectivity index (χ1n) is 8.56. The Kier molecular flexibility index (Phi) is 3.94. The van der Waals surface area contributed by atoms with Gasteiger partial charge in [0.1, 0.15) is 6.26 Å². The number of benzene rings is 1. The lowest BCUT2D eigenvalue weighted by Gasteiger charge is -2.08. The van der Waals surface area contributed by atoms with Crippen LogP contribution in [0.1, 0.15) is 37.0 Å². The molecule has 1 aliphatic carbocycles. The summed E-state index contributed by atoms with van der Waals surface area (Å²) in [6, 6.07) is 4.85. The molecule has 0 saturated heterocycles. The number of fused-ring (bicyclic) bond motifs is 1. The summed E-state index contributed by atoms with van der Waals surface area (Å²) in [4.78, 5) is 19.3. The SMILES string of the molecule is Cc1coc(COc2cc3[nH]c(CNC(=O)C4(C)CC4)cc3cc2F)n1. The lowest BCUT2D eigenvalue weighted by molar-refractivity contribution is -0.125. The number of hydrogen-bond donors (Lipinski definition) is 2. The van der Waals surface area contributed by atoms with Crippen molar-refractivity contribution < 1.29 is 18.3 Å². The van der Waals surface area contributed by atoms with Crippen molar-refractivity contribution in [2.24, 2.45) is 5.41 Å². The van der Waals surface area contributed by atoms with Gasteiger partial charge in [0.25, 0.3) is 0 Å². The molecule has 6 nitrogen and oxygen atoms in total. The van der Waals surface area contributed by atoms with E-state index in [4.69, 9.17) is 9.15 Å². The summed E-state index contributed by atoms with van der Waals surface area (Å²) < 4.78 is 24.9. The van der Waals surface area contributed by atoms with Crippen LogP contribution < -0.4 is 10.1 Å². The number of carbonyl (C=O) groups is 1. The van der Waals surface area contributed by atoms with Gasteiger partial charge in [-0.25, -0.2) is 9.37 Å². The number of aromatic amines is 1. The lowest BCUT2D eigenvalue weighted by atomic mass is 10.1. The van der Waals surface area contributed by atoms with Crippen LogP contribution in [0.25, 0.3) is 10.9 Å². The van der Waals surface area contributed by atoms with Crippen LogP contribution >= 0.6 is 0 Å². The summed E-state index contributed by atoms with van der Waals surface area (Å²) in [5, 5.41) is 3.65. The van der Waals surface area contributed by atoms with Crippen molar-refractivity contribution in [3.63, 3.8) is 0 Å². The van der Waals surface area contributed by atoms with Crippen LogP contribution in [-0.4, -0.2) is 15.9 Å². The third kappa shape index (κ3) is 3.29. The highest BCUT2D eigenvalue weighted by molar-refractivity contribution is 5.85. The Morgan fingerprint density at radius 1 is 1.42 bits per heavy atom. The van der Waals surface area contributed by atoms with Crippen molar-refractivity contribution in [1.82, 2.24) is 15.3 Å². The molecular formula is C19H20FN3O3. The quantitative estimate of drug-likeness (QED) is 0.706. The highest BCUT2D eigenvalue weighted by atomic mass is 19.1. The van der Waals surface area contributed by atoms with Crippen LogP contribution in [-0.2, 0) is 17.9 Å². The number of ether oxygens (including phenoxy) is 1. The molecule has 7 heteroatoms. The molecule has 2 aromatic heterocycles. The maximum absolute atomic E-state index is 14.3. The van der Waals surface area contributed by atoms with Crippen molar-refractivity contribution in [2.45, 2.75) is 39.8 Å². The van der Waals surface area contributed by atoms with Crippen molar-refractivity contribution in [3.05, 3.63) is 47.6 Å². The number of aromatic nitrogens is 2. The molecule has 3 aromatic rings. The summed E-state index contributed by atoms with van der Waals surface area (Å²) in [7, 11) is 0. The number of nitrogens with one attached hydrogen (secondary N) is 2. The van der Waals surface area contributed by atoms with Gasteiger partial charge < -0.3 is 19.5 Å². The van der Waals surface area contributed by atoms with Crippen LogP contribution in [0.5, 0.6) is 5.75 Å². The minimum Gasteiger partial charge on any atom is -0.481 e. The minimum absolute atomic E-state index is 0.0540. The Balaban J connectivity index is 1.46. The topological polar surface area (TPSA) is 80.1 Å². The average molecular weight is 357 g/mol. The van der Waals surface area contributed by atoms with Crippen LogP contribution in [0, 0.1) is 18.2 Å². The third-order valence-corrected chi connectivity index (χ3v) is 4.73. The molecular weight excluding hydrogens is 337 g/mol. The second-order valence-corrected chi connectivity index (χ2v) is 7.08. The Morgan fingerprint density at radius 3 is 2.92 bits per heavy atom. The second-order valence-electron chi connectivity index (χ2n) is 7.08. The lowest BCUT2D eigenvalue weighted by Crippen LogP contribution is -2.29. The molecule has 1 saturated carbocycles. The van der Waals surface area contributed by atoms with Gasteiger partial charge in [-0.1, -0.05) is 6.92 Å². The van der Waals surface area contributed by atoms with Gasteiger partial charge in [0, 0.05) is 28.1 Å². The van der Waals surface area contributed by atoms with Crippen molar-refractivity contribution in [3.8, 4) is 5.75 Å². The van der Waals surface area contributed by atoms with E-state index in [1.807, 2.05) is 19.9 Å². The van der Waals surface area contributed by atoms with E-state index < -0.39 is 5.82 Å². The Hall–Kier alpha value is -2.83. The second kappa shape index (κ2) is 6.16. The van der Waals surface area contributed by atoms with Crippen LogP contribution in [0.4, 0.5) is 4.39 Å². The number of aryl methyl sites for hydroxylation is 1. The number of halogens is 1. The Labute approximate surface area is 149 Å². The summed E-state index contributed by atoms with van der Waals surface area (Å²) >= 11 is 0. The summed E-state index contributed by atoms with van der Waals surface area (Å²) in [5.41, 5.74) is 2.09. The van der Waals surface area contributed by atoms with E-state index in [1.165, 1.54) is 12.3 Å². The van der Waals surface area contributed by atoms with Gasteiger partial charge >= 0.3 is 0 Å². The fourth-order valence-corrected chi connectivity index (χ4v) is 2.81. The van der Waals surface area contributed by atoms with E-state index in [2.05, 4.69) is 15.3 Å². The van der Waals surface area contributed by atoms with E-state index in [0.29, 0.717) is 12.4 Å². The van der Waals surface area contributed by atoms with Gasteiger partial charge in [0.05, 0.1) is 12.2 Å². The normalized spacial score (nSPS) is 15.2. The molecule has 1 amide bonds. The number of nitrogens with zero attached hydrogens (tertiary/aromatic N) is 1. The van der Waals surface area contributed by atoms with Gasteiger partial charge in [-0.3, -0.25) is 4.79 Å². The van der Waals surface area contributed by atoms with E-state index in [-0.39, 0.29) is 23.7 Å². The summed E-state index contributed by atoms with van der Waals surface area (Å²) in [5.74, 6) is 0.121. The molecule has 1 aliphatic rings. The molecule has 4 rings (SSSR count). The summed E-state index contributed by atoms with van der Waals surface area (Å²) in [6.07, 6.45) is 3.38. The zero-order valence-electron chi connectivity index (χ0n) is 14.7. The number of carbonyl (C=O) groups excluding carboxylic acids is 1. The van der Waals surface area contributed by atoms with Gasteiger partial charge in [-0.05, 0) is 31.9 Å². The van der Waals surface area contributed by atoms with E-state index >= 15 is 0 Å². The highest BCUT2D eigenvalue weighted by Gasteiger charge is 2.44. The summed E-state index contributed by atoms with van der Waals surface area (Å²) in [6.45, 7) is 4.21. The van der Waals surface area contributed by atoms with E-state index in [0.717, 1.165) is 35.1 Å². The van der Waals surface area contributed by atoms with Crippen LogP contribution in [0.3, 0.4) is 0 Å². The highest BCUT2D eigenvalue weighted by Crippen LogP contribution is 2.45. The van der Waals surface area contributed by atoms with Gasteiger partial charge in [-0.15, -0.1) is 0 Å². The molecule has 0 radical (unpaired) electrons. The van der Waals surface area contributed by atoms with Crippen molar-refractivity contribution in [2.75, 3.05) is 0 Å². The molecule has 0 unspecified atom stereocenters. The van der Waals surface area contributed by atoms with Crippen LogP contribution in [0.2, 0.25) is 0 Å². The predicted molar refractivity (Wildman–Crippen MR) is 93.0 cm³/mol. The number of oxazole rings is 1. The first kappa shape index (κ1) is 16.6. The number of amides is 1. The molecule has 2 heterocycles. The van der Waals surface area contributed by atoms with Gasteiger partial charge in [-0.2, -0.15) is 0 Å². The van der Waals surface area contributed by atoms with Crippen LogP contribution in [0.15, 0.2) is 28.9 Å². The van der Waals surface area contributed by atoms with Crippen molar-refractivity contribution in [1.29, 1.82) is 0 Å². The van der Waals surface area contributed by atoms with E-state index in [9.17, 15) is 9.18 Å². The van der Waals surface area contributed by atoms with Crippen molar-refractivity contribution >= 4 is 16.8 Å². The fraction of sp³-hybridized carbons (Fsp3) is 0.368. The number of rotatable bonds is 6. The van der Waals surface area contributed by atoms with E-state index in [1.54, 1.807) is 6.07 Å². The molecule has 0 bridgehead atoms. The molecule has 136 valence electrons. The zero-order chi connectivity index (χ0) is 18.3. The molecule has 0 atom stereocenters. The largest absolute Gasteiger partial charge is 0.481 e. The maximum Gasteiger partial charge on any atom is 0.232 e. The smallest absolute Gasteiger partial charge is 0.232 e. The molecule has 26 heavy (non-hydrogen) atoms. The third-order valence-electron chi connectivity index (χ3n) is 4.73. The molecule has 2 N–H and O–H groups in total. The van der Waals surface area contributed by atoms with Gasteiger partial charge in [0.15, 0.2) is 18.2 Å². The number of hydrogen-bond acceptors (Lipinski definition) is 4. The first-order chi connectivity index (χ1) is 12.4. The Bertz CT molecular complexity index is 972. The monoisotopic (exact) mass is 357 g/mol. The minimum atomic E-state index is -0.458. The molecule has 1 aromatic carbocycles. The average Bonchev–Trinajstić information content (AvgIpc) is 3.04.